The van der Waals surface area contributed by atoms with E-state index in [2.05, 4.69) is 93.8 Å². The van der Waals surface area contributed by atoms with Crippen molar-refractivity contribution in [2.24, 2.45) is 0 Å². The molecule has 0 bridgehead atoms. The average Bonchev–Trinajstić information content (AvgIpc) is 2.64. The van der Waals surface area contributed by atoms with Crippen molar-refractivity contribution >= 4 is 88.1 Å². The Labute approximate surface area is 154 Å². The van der Waals surface area contributed by atoms with Gasteiger partial charge >= 0.3 is 0 Å². The van der Waals surface area contributed by atoms with E-state index in [-0.39, 0.29) is 0 Å². The van der Waals surface area contributed by atoms with Gasteiger partial charge in [0.25, 0.3) is 0 Å². The van der Waals surface area contributed by atoms with Crippen LogP contribution in [0.25, 0.3) is 32.7 Å². The summed E-state index contributed by atoms with van der Waals surface area (Å²) in [6, 6.07) is 19.9. The van der Waals surface area contributed by atoms with Crippen LogP contribution < -0.4 is 27.3 Å². The Kier molecular flexibility index (Phi) is 3.83. The molecule has 0 atom stereocenters. The zero-order valence-corrected chi connectivity index (χ0v) is 15.7. The second-order valence-corrected chi connectivity index (χ2v) is 7.19. The van der Waals surface area contributed by atoms with Crippen LogP contribution in [0.15, 0.2) is 54.6 Å². The van der Waals surface area contributed by atoms with Crippen LogP contribution in [0.5, 0.6) is 0 Å². The number of rotatable bonds is 1. The summed E-state index contributed by atoms with van der Waals surface area (Å²) in [6.07, 6.45) is 0. The lowest BCUT2D eigenvalue weighted by atomic mass is 9.59. The third-order valence-corrected chi connectivity index (χ3v) is 6.02. The van der Waals surface area contributed by atoms with Crippen LogP contribution in [-0.4, -0.2) is 39.2 Å². The van der Waals surface area contributed by atoms with E-state index in [0.29, 0.717) is 0 Å². The molecule has 0 heterocycles. The van der Waals surface area contributed by atoms with Gasteiger partial charge in [-0.05, 0) is 38.7 Å². The Hall–Kier alpha value is -2.28. The SMILES string of the molecule is Bc1c(B)c(B)c(-c2c3ccccc3cc3ccccc23)c(B)c1B. The molecule has 0 N–H and O–H groups in total. The fraction of sp³-hybridized carbons (Fsp3) is 0. The summed E-state index contributed by atoms with van der Waals surface area (Å²) >= 11 is 0. The molecule has 114 valence electrons. The predicted octanol–water partition coefficient (Wildman–Crippen LogP) is -3.05. The lowest BCUT2D eigenvalue weighted by Gasteiger charge is -2.23. The minimum absolute atomic E-state index is 1.31. The van der Waals surface area contributed by atoms with Gasteiger partial charge < -0.3 is 0 Å². The highest BCUT2D eigenvalue weighted by Gasteiger charge is 2.17. The quantitative estimate of drug-likeness (QED) is 0.259. The number of hydrogen-bond acceptors (Lipinski definition) is 0. The maximum Gasteiger partial charge on any atom is 0.139 e. The predicted molar refractivity (Wildman–Crippen MR) is 128 cm³/mol. The molecule has 0 amide bonds. The van der Waals surface area contributed by atoms with Crippen molar-refractivity contribution in [3.8, 4) is 11.1 Å². The zero-order chi connectivity index (χ0) is 17.7. The van der Waals surface area contributed by atoms with E-state index in [4.69, 9.17) is 0 Å². The maximum absolute atomic E-state index is 2.31. The number of fused-ring (bicyclic) bond motifs is 2. The van der Waals surface area contributed by atoms with Crippen LogP contribution in [0.3, 0.4) is 0 Å². The Bertz CT molecular complexity index is 1060. The Balaban J connectivity index is 2.28. The second-order valence-electron chi connectivity index (χ2n) is 7.19. The van der Waals surface area contributed by atoms with Crippen LogP contribution in [0, 0.1) is 0 Å². The van der Waals surface area contributed by atoms with E-state index in [1.165, 1.54) is 60.0 Å². The highest BCUT2D eigenvalue weighted by molar-refractivity contribution is 6.69. The van der Waals surface area contributed by atoms with Gasteiger partial charge in [0, 0.05) is 0 Å². The fourth-order valence-electron chi connectivity index (χ4n) is 4.16. The van der Waals surface area contributed by atoms with Crippen molar-refractivity contribution < 1.29 is 0 Å². The summed E-state index contributed by atoms with van der Waals surface area (Å²) in [6.45, 7) is 0. The average molecular weight is 313 g/mol. The molecule has 0 unspecified atom stereocenters. The van der Waals surface area contributed by atoms with E-state index in [1.54, 1.807) is 0 Å². The molecular formula is C20H19B5. The van der Waals surface area contributed by atoms with Crippen LogP contribution >= 0.6 is 0 Å². The van der Waals surface area contributed by atoms with Crippen molar-refractivity contribution in [1.82, 2.24) is 0 Å². The standard InChI is InChI=1S/C20H19B5/c21-16-15(17(22)19(24)20(25)18(16)23)14-12-7-3-1-5-10(12)9-11-6-2-4-8-13(11)14/h1-9H,21-25H2. The van der Waals surface area contributed by atoms with E-state index >= 15 is 0 Å². The molecule has 4 aromatic rings. The Morgan fingerprint density at radius 2 is 0.840 bits per heavy atom. The molecule has 0 radical (unpaired) electrons. The van der Waals surface area contributed by atoms with Gasteiger partial charge in [0.15, 0.2) is 0 Å². The van der Waals surface area contributed by atoms with E-state index in [0.717, 1.165) is 0 Å². The molecule has 0 saturated carbocycles. The molecule has 4 rings (SSSR count). The van der Waals surface area contributed by atoms with Gasteiger partial charge in [-0.3, -0.25) is 0 Å². The first kappa shape index (κ1) is 16.2. The first-order valence-electron chi connectivity index (χ1n) is 8.98. The van der Waals surface area contributed by atoms with Crippen LogP contribution in [0.1, 0.15) is 0 Å². The van der Waals surface area contributed by atoms with E-state index in [9.17, 15) is 0 Å². The molecule has 0 spiro atoms. The lowest BCUT2D eigenvalue weighted by molar-refractivity contribution is 1.75. The summed E-state index contributed by atoms with van der Waals surface area (Å²) in [7, 11) is 11.3. The van der Waals surface area contributed by atoms with Crippen LogP contribution in [0.2, 0.25) is 0 Å². The summed E-state index contributed by atoms with van der Waals surface area (Å²) in [4.78, 5) is 0. The van der Waals surface area contributed by atoms with Crippen molar-refractivity contribution in [2.75, 3.05) is 0 Å². The minimum Gasteiger partial charge on any atom is -0.102 e. The van der Waals surface area contributed by atoms with Crippen molar-refractivity contribution in [2.45, 2.75) is 0 Å². The molecule has 0 fully saturated rings. The molecule has 0 aliphatic carbocycles. The van der Waals surface area contributed by atoms with Crippen molar-refractivity contribution in [1.29, 1.82) is 0 Å². The minimum atomic E-state index is 1.31. The molecule has 25 heavy (non-hydrogen) atoms. The highest BCUT2D eigenvalue weighted by atomic mass is 14.2. The summed E-state index contributed by atoms with van der Waals surface area (Å²) in [5, 5.41) is 5.31. The topological polar surface area (TPSA) is 0 Å². The first-order valence-corrected chi connectivity index (χ1v) is 8.98. The summed E-state index contributed by atoms with van der Waals surface area (Å²) < 4.78 is 0. The van der Waals surface area contributed by atoms with E-state index in [1.807, 2.05) is 0 Å². The van der Waals surface area contributed by atoms with E-state index < -0.39 is 0 Å². The fourth-order valence-corrected chi connectivity index (χ4v) is 4.16. The Morgan fingerprint density at radius 3 is 1.32 bits per heavy atom. The molecule has 0 saturated heterocycles. The Morgan fingerprint density at radius 1 is 0.440 bits per heavy atom. The second kappa shape index (κ2) is 5.91. The van der Waals surface area contributed by atoms with Gasteiger partial charge in [-0.2, -0.15) is 0 Å². The van der Waals surface area contributed by atoms with Gasteiger partial charge in [-0.25, -0.2) is 0 Å². The molecule has 5 heteroatoms. The van der Waals surface area contributed by atoms with Gasteiger partial charge in [0.05, 0.1) is 0 Å². The third kappa shape index (κ3) is 2.37. The van der Waals surface area contributed by atoms with Crippen LogP contribution in [0.4, 0.5) is 0 Å². The van der Waals surface area contributed by atoms with Crippen molar-refractivity contribution in [3.05, 3.63) is 54.6 Å². The molecule has 0 aromatic heterocycles. The van der Waals surface area contributed by atoms with Crippen molar-refractivity contribution in [3.63, 3.8) is 0 Å². The molecule has 0 aliphatic heterocycles. The monoisotopic (exact) mass is 314 g/mol. The van der Waals surface area contributed by atoms with Gasteiger partial charge in [-0.1, -0.05) is 59.5 Å². The largest absolute Gasteiger partial charge is 0.139 e. The maximum atomic E-state index is 2.31. The number of hydrogen-bond donors (Lipinski definition) is 0. The van der Waals surface area contributed by atoms with Gasteiger partial charge in [0.2, 0.25) is 0 Å². The third-order valence-electron chi connectivity index (χ3n) is 6.02. The molecule has 0 nitrogen and oxygen atoms in total. The number of benzene rings is 4. The molecule has 0 aliphatic rings. The van der Waals surface area contributed by atoms with Gasteiger partial charge in [0.1, 0.15) is 39.2 Å². The summed E-state index contributed by atoms with van der Waals surface area (Å²) in [5.74, 6) is 0. The first-order chi connectivity index (χ1) is 12.0. The zero-order valence-electron chi connectivity index (χ0n) is 15.7. The normalized spacial score (nSPS) is 11.2. The summed E-state index contributed by atoms with van der Waals surface area (Å²) in [5.41, 5.74) is 9.85. The van der Waals surface area contributed by atoms with Crippen LogP contribution in [-0.2, 0) is 0 Å². The smallest absolute Gasteiger partial charge is 0.102 e. The molecular weight excluding hydrogens is 294 g/mol. The molecule has 4 aromatic carbocycles. The lowest BCUT2D eigenvalue weighted by Crippen LogP contribution is -2.55. The van der Waals surface area contributed by atoms with Gasteiger partial charge in [-0.15, -0.1) is 16.4 Å². The highest BCUT2D eigenvalue weighted by Crippen LogP contribution is 2.34.